The molecule has 2 saturated heterocycles. The zero-order chi connectivity index (χ0) is 33.1. The van der Waals surface area contributed by atoms with E-state index in [1.807, 2.05) is 56.2 Å². The standard InChI is InChI=1S/C36H49N7O4/c1-24(43-23-25(22-38-43)9-10-27-19-32(39-40-34(27)37)31-7-5-6-8-33(31)44)26-11-15-41(16-12-26)28-20-30(21-28)46-29-13-17-42(18-14-29)35(45)47-36(2,3)4/h5-10,19,22-24,26,28-30,44H,11-18,20-21H2,1-4H3,(H2,37,40)/b10-9+. The molecule has 47 heavy (non-hydrogen) atoms. The minimum Gasteiger partial charge on any atom is -0.507 e. The number of carbonyl (C=O) groups is 1. The van der Waals surface area contributed by atoms with E-state index in [1.165, 1.54) is 0 Å². The highest BCUT2D eigenvalue weighted by atomic mass is 16.6. The number of likely N-dealkylation sites (tertiary alicyclic amines) is 2. The number of anilines is 1. The van der Waals surface area contributed by atoms with E-state index in [9.17, 15) is 9.90 Å². The van der Waals surface area contributed by atoms with E-state index in [4.69, 9.17) is 20.3 Å². The molecular weight excluding hydrogens is 594 g/mol. The molecule has 3 N–H and O–H groups in total. The summed E-state index contributed by atoms with van der Waals surface area (Å²) in [5.41, 5.74) is 8.55. The lowest BCUT2D eigenvalue weighted by Gasteiger charge is -2.47. The van der Waals surface area contributed by atoms with Crippen LogP contribution in [0.25, 0.3) is 23.4 Å². The molecule has 0 spiro atoms. The van der Waals surface area contributed by atoms with Crippen molar-refractivity contribution in [2.45, 2.75) is 96.1 Å². The maximum atomic E-state index is 12.4. The van der Waals surface area contributed by atoms with E-state index in [0.29, 0.717) is 54.3 Å². The quantitative estimate of drug-likeness (QED) is 0.303. The molecular formula is C36H49N7O4. The van der Waals surface area contributed by atoms with Gasteiger partial charge in [-0.1, -0.05) is 24.3 Å². The molecule has 1 atom stereocenters. The van der Waals surface area contributed by atoms with Gasteiger partial charge in [0, 0.05) is 42.0 Å². The molecule has 2 aliphatic heterocycles. The summed E-state index contributed by atoms with van der Waals surface area (Å²) in [6, 6.07) is 9.81. The SMILES string of the molecule is CC(C1CCN(C2CC(OC3CCN(C(=O)OC(C)(C)C)CC3)C2)CC1)n1cc(/C=C/c2cc(-c3ccccc3O)nnc2N)cn1. The van der Waals surface area contributed by atoms with Gasteiger partial charge in [0.15, 0.2) is 5.82 Å². The molecule has 0 radical (unpaired) electrons. The lowest BCUT2D eigenvalue weighted by atomic mass is 9.83. The van der Waals surface area contributed by atoms with Crippen LogP contribution in [0.3, 0.4) is 0 Å². The van der Waals surface area contributed by atoms with Crippen molar-refractivity contribution in [3.05, 3.63) is 53.9 Å². The molecule has 1 amide bonds. The molecule has 1 saturated carbocycles. The maximum absolute atomic E-state index is 12.4. The molecule has 1 unspecified atom stereocenters. The molecule has 3 aliphatic rings. The van der Waals surface area contributed by atoms with Crippen molar-refractivity contribution in [2.75, 3.05) is 31.9 Å². The fourth-order valence-electron chi connectivity index (χ4n) is 6.92. The van der Waals surface area contributed by atoms with Gasteiger partial charge in [-0.3, -0.25) is 4.68 Å². The van der Waals surface area contributed by atoms with Crippen LogP contribution in [0.5, 0.6) is 5.75 Å². The Morgan fingerprint density at radius 2 is 1.74 bits per heavy atom. The number of hydrogen-bond acceptors (Lipinski definition) is 9. The lowest BCUT2D eigenvalue weighted by molar-refractivity contribution is -0.107. The van der Waals surface area contributed by atoms with Crippen molar-refractivity contribution in [3.8, 4) is 17.0 Å². The number of piperidine rings is 2. The van der Waals surface area contributed by atoms with Gasteiger partial charge in [-0.2, -0.15) is 5.10 Å². The minimum atomic E-state index is -0.462. The van der Waals surface area contributed by atoms with Crippen LogP contribution in [0, 0.1) is 5.92 Å². The van der Waals surface area contributed by atoms with Gasteiger partial charge in [0.25, 0.3) is 0 Å². The Morgan fingerprint density at radius 3 is 2.45 bits per heavy atom. The number of hydrogen-bond donors (Lipinski definition) is 2. The molecule has 4 heterocycles. The number of phenols is 1. The molecule has 1 aliphatic carbocycles. The second-order valence-corrected chi connectivity index (χ2v) is 14.3. The first kappa shape index (κ1) is 33.0. The van der Waals surface area contributed by atoms with Gasteiger partial charge in [-0.15, -0.1) is 10.2 Å². The molecule has 2 aromatic heterocycles. The summed E-state index contributed by atoms with van der Waals surface area (Å²) in [5.74, 6) is 1.06. The zero-order valence-electron chi connectivity index (χ0n) is 28.1. The Balaban J connectivity index is 0.932. The number of nitrogen functional groups attached to an aromatic ring is 1. The van der Waals surface area contributed by atoms with Crippen LogP contribution in [0.1, 0.15) is 83.4 Å². The first-order valence-electron chi connectivity index (χ1n) is 17.0. The van der Waals surface area contributed by atoms with Crippen LogP contribution in [0.2, 0.25) is 0 Å². The highest BCUT2D eigenvalue weighted by Gasteiger charge is 2.39. The van der Waals surface area contributed by atoms with Crippen molar-refractivity contribution < 1.29 is 19.4 Å². The first-order valence-corrected chi connectivity index (χ1v) is 17.0. The van der Waals surface area contributed by atoms with Gasteiger partial charge in [-0.05, 0) is 103 Å². The van der Waals surface area contributed by atoms with Gasteiger partial charge in [0.05, 0.1) is 30.1 Å². The normalized spacial score (nSPS) is 22.3. The van der Waals surface area contributed by atoms with Crippen molar-refractivity contribution in [3.63, 3.8) is 0 Å². The van der Waals surface area contributed by atoms with E-state index in [-0.39, 0.29) is 17.9 Å². The summed E-state index contributed by atoms with van der Waals surface area (Å²) < 4.78 is 14.0. The zero-order valence-corrected chi connectivity index (χ0v) is 28.1. The number of carbonyl (C=O) groups excluding carboxylic acids is 1. The average Bonchev–Trinajstić information content (AvgIpc) is 3.51. The molecule has 11 nitrogen and oxygen atoms in total. The predicted octanol–water partition coefficient (Wildman–Crippen LogP) is 6.02. The number of aromatic nitrogens is 4. The smallest absolute Gasteiger partial charge is 0.410 e. The first-order chi connectivity index (χ1) is 22.5. The molecule has 3 fully saturated rings. The minimum absolute atomic E-state index is 0.152. The Bertz CT molecular complexity index is 1540. The Labute approximate surface area is 277 Å². The second-order valence-electron chi connectivity index (χ2n) is 14.3. The average molecular weight is 644 g/mol. The number of para-hydroxylation sites is 1. The van der Waals surface area contributed by atoms with Gasteiger partial charge in [0.2, 0.25) is 0 Å². The van der Waals surface area contributed by atoms with Gasteiger partial charge in [-0.25, -0.2) is 4.79 Å². The molecule has 252 valence electrons. The van der Waals surface area contributed by atoms with E-state index in [0.717, 1.165) is 62.7 Å². The number of nitrogens with two attached hydrogens (primary N) is 1. The van der Waals surface area contributed by atoms with Crippen LogP contribution in [-0.4, -0.2) is 91.0 Å². The highest BCUT2D eigenvalue weighted by molar-refractivity contribution is 5.77. The molecule has 6 rings (SSSR count). The van der Waals surface area contributed by atoms with Crippen LogP contribution < -0.4 is 5.73 Å². The molecule has 3 aromatic rings. The van der Waals surface area contributed by atoms with E-state index >= 15 is 0 Å². The Morgan fingerprint density at radius 1 is 1.02 bits per heavy atom. The number of phenolic OH excluding ortho intramolecular Hbond substituents is 1. The topological polar surface area (TPSA) is 132 Å². The fraction of sp³-hybridized carbons (Fsp3) is 0.556. The monoisotopic (exact) mass is 643 g/mol. The summed E-state index contributed by atoms with van der Waals surface area (Å²) in [7, 11) is 0. The maximum Gasteiger partial charge on any atom is 0.410 e. The molecule has 1 aromatic carbocycles. The number of ether oxygens (including phenoxy) is 2. The fourth-order valence-corrected chi connectivity index (χ4v) is 6.92. The van der Waals surface area contributed by atoms with Gasteiger partial charge >= 0.3 is 6.09 Å². The van der Waals surface area contributed by atoms with E-state index in [1.54, 1.807) is 18.2 Å². The van der Waals surface area contributed by atoms with Crippen molar-refractivity contribution in [1.29, 1.82) is 0 Å². The molecule has 11 heteroatoms. The second kappa shape index (κ2) is 14.0. The lowest BCUT2D eigenvalue weighted by Crippen LogP contribution is -2.52. The third kappa shape index (κ3) is 8.13. The summed E-state index contributed by atoms with van der Waals surface area (Å²) in [4.78, 5) is 16.8. The van der Waals surface area contributed by atoms with E-state index < -0.39 is 5.60 Å². The summed E-state index contributed by atoms with van der Waals surface area (Å²) in [6.45, 7) is 11.6. The summed E-state index contributed by atoms with van der Waals surface area (Å²) >= 11 is 0. The Hall–Kier alpha value is -3.96. The number of nitrogens with zero attached hydrogens (tertiary/aromatic N) is 6. The van der Waals surface area contributed by atoms with Crippen LogP contribution >= 0.6 is 0 Å². The third-order valence-electron chi connectivity index (χ3n) is 9.85. The number of amides is 1. The highest BCUT2D eigenvalue weighted by Crippen LogP contribution is 2.36. The Kier molecular flexibility index (Phi) is 9.84. The van der Waals surface area contributed by atoms with Crippen LogP contribution in [-0.2, 0) is 9.47 Å². The third-order valence-corrected chi connectivity index (χ3v) is 9.85. The van der Waals surface area contributed by atoms with Gasteiger partial charge in [0.1, 0.15) is 11.4 Å². The largest absolute Gasteiger partial charge is 0.507 e. The predicted molar refractivity (Wildman–Crippen MR) is 182 cm³/mol. The molecule has 0 bridgehead atoms. The summed E-state index contributed by atoms with van der Waals surface area (Å²) in [5, 5.41) is 23.2. The van der Waals surface area contributed by atoms with Crippen LogP contribution in [0.15, 0.2) is 42.7 Å². The van der Waals surface area contributed by atoms with Crippen molar-refractivity contribution in [2.24, 2.45) is 5.92 Å². The number of benzene rings is 1. The van der Waals surface area contributed by atoms with E-state index in [2.05, 4.69) is 32.9 Å². The van der Waals surface area contributed by atoms with Gasteiger partial charge < -0.3 is 30.1 Å². The number of rotatable bonds is 8. The van der Waals surface area contributed by atoms with Crippen molar-refractivity contribution in [1.82, 2.24) is 29.8 Å². The number of aromatic hydroxyl groups is 1. The van der Waals surface area contributed by atoms with Crippen LogP contribution in [0.4, 0.5) is 10.6 Å². The van der Waals surface area contributed by atoms with Crippen molar-refractivity contribution >= 4 is 24.1 Å². The summed E-state index contributed by atoms with van der Waals surface area (Å²) in [6.07, 6.45) is 14.5.